The van der Waals surface area contributed by atoms with E-state index in [1.165, 1.54) is 11.1 Å². The number of benzene rings is 3. The summed E-state index contributed by atoms with van der Waals surface area (Å²) in [5.41, 5.74) is 3.80. The van der Waals surface area contributed by atoms with Gasteiger partial charge >= 0.3 is 0 Å². The van der Waals surface area contributed by atoms with Crippen molar-refractivity contribution in [3.05, 3.63) is 106 Å². The smallest absolute Gasteiger partial charge is 0.137 e. The summed E-state index contributed by atoms with van der Waals surface area (Å²) < 4.78 is 12.9. The first-order chi connectivity index (χ1) is 14.3. The maximum atomic E-state index is 6.09. The second kappa shape index (κ2) is 9.77. The summed E-state index contributed by atoms with van der Waals surface area (Å²) in [5, 5.41) is 0. The third kappa shape index (κ3) is 5.72. The Labute approximate surface area is 180 Å². The number of nitrogens with zero attached hydrogens (tertiary/aromatic N) is 1. The van der Waals surface area contributed by atoms with Gasteiger partial charge in [0, 0.05) is 25.7 Å². The average Bonchev–Trinajstić information content (AvgIpc) is 3.21. The Kier molecular flexibility index (Phi) is 6.65. The zero-order chi connectivity index (χ0) is 19.9. The van der Waals surface area contributed by atoms with Gasteiger partial charge in [0.2, 0.25) is 0 Å². The van der Waals surface area contributed by atoms with E-state index >= 15 is 0 Å². The van der Waals surface area contributed by atoms with Crippen LogP contribution in [0.2, 0.25) is 0 Å². The minimum absolute atomic E-state index is 0.543. The Bertz CT molecular complexity index is 957. The van der Waals surface area contributed by atoms with Crippen LogP contribution in [0.3, 0.4) is 0 Å². The van der Waals surface area contributed by atoms with Crippen LogP contribution in [0.5, 0.6) is 11.5 Å². The lowest BCUT2D eigenvalue weighted by Gasteiger charge is -2.16. The van der Waals surface area contributed by atoms with Gasteiger partial charge in [-0.3, -0.25) is 4.90 Å². The highest BCUT2D eigenvalue weighted by Crippen LogP contribution is 2.30. The number of hydrogen-bond acceptors (Lipinski definition) is 3. The molecule has 0 unspecified atom stereocenters. The summed E-state index contributed by atoms with van der Waals surface area (Å²) in [4.78, 5) is 2.42. The van der Waals surface area contributed by atoms with E-state index in [0.29, 0.717) is 13.2 Å². The van der Waals surface area contributed by atoms with E-state index in [0.717, 1.165) is 41.2 Å². The molecule has 3 aromatic rings. The fraction of sp³-hybridized carbons (Fsp3) is 0.200. The maximum absolute atomic E-state index is 6.09. The Morgan fingerprint density at radius 2 is 1.52 bits per heavy atom. The van der Waals surface area contributed by atoms with Gasteiger partial charge in [-0.15, -0.1) is 0 Å². The molecule has 29 heavy (non-hydrogen) atoms. The number of halogens is 1. The first-order valence-electron chi connectivity index (χ1n) is 9.79. The van der Waals surface area contributed by atoms with Crippen LogP contribution in [0.25, 0.3) is 0 Å². The third-order valence-corrected chi connectivity index (χ3v) is 5.53. The molecule has 1 aliphatic heterocycles. The van der Waals surface area contributed by atoms with Crippen LogP contribution in [0.4, 0.5) is 0 Å². The maximum Gasteiger partial charge on any atom is 0.137 e. The molecule has 0 saturated carbocycles. The van der Waals surface area contributed by atoms with E-state index in [1.807, 2.05) is 36.4 Å². The van der Waals surface area contributed by atoms with Crippen LogP contribution in [-0.4, -0.2) is 24.6 Å². The summed E-state index contributed by atoms with van der Waals surface area (Å²) in [5.74, 6) is 1.61. The summed E-state index contributed by atoms with van der Waals surface area (Å²) in [6.45, 7) is 4.01. The standard InChI is InChI=1S/C25H24BrNO2/c26-24-12-11-23(28-18-21-9-5-2-6-10-21)15-25(24)29-19-22-13-14-27(17-22)16-20-7-3-1-4-8-20/h1-13,15H,14,16-19H2. The largest absolute Gasteiger partial charge is 0.489 e. The molecule has 0 bridgehead atoms. The van der Waals surface area contributed by atoms with E-state index in [-0.39, 0.29) is 0 Å². The number of hydrogen-bond donors (Lipinski definition) is 0. The first kappa shape index (κ1) is 19.7. The molecule has 148 valence electrons. The second-order valence-electron chi connectivity index (χ2n) is 7.17. The summed E-state index contributed by atoms with van der Waals surface area (Å²) in [6, 6.07) is 26.6. The lowest BCUT2D eigenvalue weighted by atomic mass is 10.2. The van der Waals surface area contributed by atoms with Crippen LogP contribution in [-0.2, 0) is 13.2 Å². The zero-order valence-electron chi connectivity index (χ0n) is 16.3. The molecular weight excluding hydrogens is 426 g/mol. The molecule has 0 saturated heterocycles. The van der Waals surface area contributed by atoms with Gasteiger partial charge in [-0.2, -0.15) is 0 Å². The van der Waals surface area contributed by atoms with Crippen LogP contribution in [0.1, 0.15) is 11.1 Å². The summed E-state index contributed by atoms with van der Waals surface area (Å²) >= 11 is 3.58. The van der Waals surface area contributed by atoms with Crippen molar-refractivity contribution in [1.29, 1.82) is 0 Å². The molecule has 3 nitrogen and oxygen atoms in total. The minimum Gasteiger partial charge on any atom is -0.489 e. The second-order valence-corrected chi connectivity index (χ2v) is 8.03. The van der Waals surface area contributed by atoms with Gasteiger partial charge in [-0.05, 0) is 44.8 Å². The Morgan fingerprint density at radius 3 is 2.28 bits per heavy atom. The van der Waals surface area contributed by atoms with E-state index in [4.69, 9.17) is 9.47 Å². The summed E-state index contributed by atoms with van der Waals surface area (Å²) in [6.07, 6.45) is 2.27. The third-order valence-electron chi connectivity index (χ3n) is 4.88. The topological polar surface area (TPSA) is 21.7 Å². The fourth-order valence-electron chi connectivity index (χ4n) is 3.34. The van der Waals surface area contributed by atoms with Gasteiger partial charge in [-0.1, -0.05) is 66.7 Å². The van der Waals surface area contributed by atoms with E-state index in [1.54, 1.807) is 0 Å². The molecule has 1 aliphatic rings. The molecule has 3 aromatic carbocycles. The van der Waals surface area contributed by atoms with Crippen LogP contribution < -0.4 is 9.47 Å². The first-order valence-corrected chi connectivity index (χ1v) is 10.6. The fourth-order valence-corrected chi connectivity index (χ4v) is 3.70. The highest BCUT2D eigenvalue weighted by atomic mass is 79.9. The van der Waals surface area contributed by atoms with Crippen molar-refractivity contribution in [3.8, 4) is 11.5 Å². The van der Waals surface area contributed by atoms with Crippen molar-refractivity contribution in [2.75, 3.05) is 19.7 Å². The van der Waals surface area contributed by atoms with Gasteiger partial charge in [0.1, 0.15) is 24.7 Å². The molecule has 4 rings (SSSR count). The number of ether oxygens (including phenoxy) is 2. The van der Waals surface area contributed by atoms with Crippen LogP contribution in [0, 0.1) is 0 Å². The monoisotopic (exact) mass is 449 g/mol. The van der Waals surface area contributed by atoms with Gasteiger partial charge in [0.15, 0.2) is 0 Å². The lowest BCUT2D eigenvalue weighted by molar-refractivity contribution is 0.296. The average molecular weight is 450 g/mol. The van der Waals surface area contributed by atoms with Crippen molar-refractivity contribution in [2.24, 2.45) is 0 Å². The normalized spacial score (nSPS) is 13.9. The van der Waals surface area contributed by atoms with Crippen molar-refractivity contribution in [1.82, 2.24) is 4.90 Å². The van der Waals surface area contributed by atoms with Gasteiger partial charge < -0.3 is 9.47 Å². The van der Waals surface area contributed by atoms with Gasteiger partial charge in [-0.25, -0.2) is 0 Å². The Morgan fingerprint density at radius 1 is 0.793 bits per heavy atom. The van der Waals surface area contributed by atoms with Crippen LogP contribution in [0.15, 0.2) is 95.0 Å². The summed E-state index contributed by atoms with van der Waals surface area (Å²) in [7, 11) is 0. The molecule has 0 N–H and O–H groups in total. The molecule has 0 aliphatic carbocycles. The molecule has 0 spiro atoms. The molecule has 1 heterocycles. The molecule has 0 atom stereocenters. The predicted octanol–water partition coefficient (Wildman–Crippen LogP) is 5.85. The lowest BCUT2D eigenvalue weighted by Crippen LogP contribution is -2.21. The van der Waals surface area contributed by atoms with E-state index in [9.17, 15) is 0 Å². The Hall–Kier alpha value is -2.56. The van der Waals surface area contributed by atoms with Gasteiger partial charge in [0.25, 0.3) is 0 Å². The predicted molar refractivity (Wildman–Crippen MR) is 120 cm³/mol. The highest BCUT2D eigenvalue weighted by Gasteiger charge is 2.15. The SMILES string of the molecule is Brc1ccc(OCc2ccccc2)cc1OCC1=CCN(Cc2ccccc2)C1. The molecule has 0 fully saturated rings. The van der Waals surface area contributed by atoms with Crippen molar-refractivity contribution in [2.45, 2.75) is 13.2 Å². The van der Waals surface area contributed by atoms with E-state index in [2.05, 4.69) is 69.4 Å². The minimum atomic E-state index is 0.543. The molecular formula is C25H24BrNO2. The van der Waals surface area contributed by atoms with Crippen molar-refractivity contribution >= 4 is 15.9 Å². The van der Waals surface area contributed by atoms with Gasteiger partial charge in [0.05, 0.1) is 4.47 Å². The van der Waals surface area contributed by atoms with Crippen LogP contribution >= 0.6 is 15.9 Å². The van der Waals surface area contributed by atoms with E-state index < -0.39 is 0 Å². The quantitative estimate of drug-likeness (QED) is 0.402. The molecule has 0 aromatic heterocycles. The Balaban J connectivity index is 1.29. The highest BCUT2D eigenvalue weighted by molar-refractivity contribution is 9.10. The molecule has 0 amide bonds. The number of rotatable bonds is 8. The van der Waals surface area contributed by atoms with Crippen molar-refractivity contribution < 1.29 is 9.47 Å². The zero-order valence-corrected chi connectivity index (χ0v) is 17.8. The van der Waals surface area contributed by atoms with Crippen molar-refractivity contribution in [3.63, 3.8) is 0 Å². The molecule has 4 heteroatoms. The molecule has 0 radical (unpaired) electrons.